The van der Waals surface area contributed by atoms with Gasteiger partial charge in [-0.2, -0.15) is 0 Å². The van der Waals surface area contributed by atoms with Crippen molar-refractivity contribution in [1.82, 2.24) is 4.90 Å². The fraction of sp³-hybridized carbons (Fsp3) is 0.273. The van der Waals surface area contributed by atoms with Gasteiger partial charge in [0, 0.05) is 13.1 Å². The molecule has 28 heavy (non-hydrogen) atoms. The molecule has 2 heterocycles. The summed E-state index contributed by atoms with van der Waals surface area (Å²) in [5.41, 5.74) is 2.20. The number of ether oxygens (including phenoxy) is 2. The number of carbonyl (C=O) groups is 2. The zero-order valence-corrected chi connectivity index (χ0v) is 16.0. The maximum absolute atomic E-state index is 13.4. The third kappa shape index (κ3) is 3.01. The largest absolute Gasteiger partial charge is 0.497 e. The number of carbonyl (C=O) groups excluding carboxylic acids is 2. The molecule has 0 aromatic heterocycles. The molecule has 2 aromatic carbocycles. The lowest BCUT2D eigenvalue weighted by Gasteiger charge is -2.20. The highest BCUT2D eigenvalue weighted by molar-refractivity contribution is 6.45. The highest BCUT2D eigenvalue weighted by Crippen LogP contribution is 2.36. The van der Waals surface area contributed by atoms with Crippen LogP contribution >= 0.6 is 0 Å². The number of likely N-dealkylation sites (tertiary alicyclic amines) is 1. The van der Waals surface area contributed by atoms with Crippen molar-refractivity contribution in [2.75, 3.05) is 32.2 Å². The van der Waals surface area contributed by atoms with Gasteiger partial charge in [0.05, 0.1) is 25.5 Å². The van der Waals surface area contributed by atoms with Gasteiger partial charge in [0.1, 0.15) is 17.2 Å². The molecule has 2 aliphatic heterocycles. The number of methoxy groups -OCH3 is 2. The molecular formula is C22H22N2O4. The van der Waals surface area contributed by atoms with Crippen LogP contribution in [0, 0.1) is 0 Å². The molecule has 144 valence electrons. The maximum atomic E-state index is 13.4. The summed E-state index contributed by atoms with van der Waals surface area (Å²) in [6.07, 6.45) is 2.03. The van der Waals surface area contributed by atoms with E-state index in [2.05, 4.69) is 0 Å². The van der Waals surface area contributed by atoms with Crippen molar-refractivity contribution in [2.45, 2.75) is 12.8 Å². The molecule has 2 aromatic rings. The lowest BCUT2D eigenvalue weighted by atomic mass is 10.0. The number of hydrogen-bond acceptors (Lipinski definition) is 5. The Labute approximate surface area is 164 Å². The summed E-state index contributed by atoms with van der Waals surface area (Å²) in [6, 6.07) is 14.2. The Morgan fingerprint density at radius 3 is 1.82 bits per heavy atom. The summed E-state index contributed by atoms with van der Waals surface area (Å²) >= 11 is 0. The van der Waals surface area contributed by atoms with E-state index in [-0.39, 0.29) is 11.8 Å². The number of benzene rings is 2. The van der Waals surface area contributed by atoms with E-state index in [4.69, 9.17) is 9.47 Å². The predicted molar refractivity (Wildman–Crippen MR) is 106 cm³/mol. The molecule has 0 N–H and O–H groups in total. The van der Waals surface area contributed by atoms with E-state index in [9.17, 15) is 9.59 Å². The predicted octanol–water partition coefficient (Wildman–Crippen LogP) is 3.08. The van der Waals surface area contributed by atoms with Gasteiger partial charge < -0.3 is 14.4 Å². The molecule has 4 rings (SSSR count). The van der Waals surface area contributed by atoms with Crippen LogP contribution in [0.4, 0.5) is 5.69 Å². The van der Waals surface area contributed by atoms with Crippen LogP contribution in [0.1, 0.15) is 18.4 Å². The fourth-order valence-electron chi connectivity index (χ4n) is 3.74. The highest BCUT2D eigenvalue weighted by Gasteiger charge is 2.42. The van der Waals surface area contributed by atoms with Crippen LogP contribution in [-0.2, 0) is 9.59 Å². The zero-order valence-electron chi connectivity index (χ0n) is 16.0. The van der Waals surface area contributed by atoms with Gasteiger partial charge in [0.2, 0.25) is 0 Å². The second kappa shape index (κ2) is 7.38. The van der Waals surface area contributed by atoms with Crippen LogP contribution in [0.15, 0.2) is 54.2 Å². The second-order valence-electron chi connectivity index (χ2n) is 6.79. The first kappa shape index (κ1) is 18.1. The smallest absolute Gasteiger partial charge is 0.282 e. The summed E-state index contributed by atoms with van der Waals surface area (Å²) in [6.45, 7) is 1.56. The third-order valence-electron chi connectivity index (χ3n) is 5.19. The number of anilines is 1. The normalized spacial score (nSPS) is 16.9. The molecule has 0 radical (unpaired) electrons. The van der Waals surface area contributed by atoms with E-state index in [0.717, 1.165) is 31.5 Å². The molecular weight excluding hydrogens is 356 g/mol. The van der Waals surface area contributed by atoms with Gasteiger partial charge in [-0.25, -0.2) is 4.90 Å². The number of hydrogen-bond donors (Lipinski definition) is 0. The lowest BCUT2D eigenvalue weighted by molar-refractivity contribution is -0.120. The van der Waals surface area contributed by atoms with E-state index in [0.29, 0.717) is 28.5 Å². The molecule has 2 aliphatic rings. The van der Waals surface area contributed by atoms with Crippen molar-refractivity contribution in [3.8, 4) is 11.5 Å². The number of nitrogens with zero attached hydrogens (tertiary/aromatic N) is 2. The molecule has 0 aliphatic carbocycles. The molecule has 1 saturated heterocycles. The van der Waals surface area contributed by atoms with E-state index >= 15 is 0 Å². The summed E-state index contributed by atoms with van der Waals surface area (Å²) < 4.78 is 10.4. The van der Waals surface area contributed by atoms with Gasteiger partial charge in [0.25, 0.3) is 11.8 Å². The van der Waals surface area contributed by atoms with E-state index in [1.807, 2.05) is 17.0 Å². The van der Waals surface area contributed by atoms with Crippen LogP contribution in [0.25, 0.3) is 5.57 Å². The summed E-state index contributed by atoms with van der Waals surface area (Å²) in [7, 11) is 3.18. The molecule has 6 nitrogen and oxygen atoms in total. The summed E-state index contributed by atoms with van der Waals surface area (Å²) in [4.78, 5) is 30.0. The summed E-state index contributed by atoms with van der Waals surface area (Å²) in [5, 5.41) is 0. The topological polar surface area (TPSA) is 59.1 Å². The molecule has 0 unspecified atom stereocenters. The van der Waals surface area contributed by atoms with E-state index < -0.39 is 0 Å². The van der Waals surface area contributed by atoms with Crippen LogP contribution in [0.3, 0.4) is 0 Å². The van der Waals surface area contributed by atoms with Gasteiger partial charge in [-0.3, -0.25) is 9.59 Å². The average Bonchev–Trinajstić information content (AvgIpc) is 3.34. The van der Waals surface area contributed by atoms with Crippen molar-refractivity contribution in [1.29, 1.82) is 0 Å². The lowest BCUT2D eigenvalue weighted by Crippen LogP contribution is -2.34. The van der Waals surface area contributed by atoms with E-state index in [1.54, 1.807) is 50.6 Å². The number of imide groups is 1. The second-order valence-corrected chi connectivity index (χ2v) is 6.79. The van der Waals surface area contributed by atoms with Crippen LogP contribution in [0.5, 0.6) is 11.5 Å². The number of amides is 2. The minimum Gasteiger partial charge on any atom is -0.497 e. The maximum Gasteiger partial charge on any atom is 0.282 e. The van der Waals surface area contributed by atoms with Crippen molar-refractivity contribution < 1.29 is 19.1 Å². The first-order valence-electron chi connectivity index (χ1n) is 9.30. The number of rotatable bonds is 5. The summed E-state index contributed by atoms with van der Waals surface area (Å²) in [5.74, 6) is 0.798. The highest BCUT2D eigenvalue weighted by atomic mass is 16.5. The van der Waals surface area contributed by atoms with E-state index in [1.165, 1.54) is 4.90 Å². The Hall–Kier alpha value is -3.28. The Kier molecular flexibility index (Phi) is 4.77. The molecule has 0 saturated carbocycles. The van der Waals surface area contributed by atoms with Gasteiger partial charge in [-0.1, -0.05) is 12.1 Å². The monoisotopic (exact) mass is 378 g/mol. The quantitative estimate of drug-likeness (QED) is 0.749. The molecule has 0 atom stereocenters. The van der Waals surface area contributed by atoms with Crippen LogP contribution in [0.2, 0.25) is 0 Å². The molecule has 0 bridgehead atoms. The molecule has 2 amide bonds. The first-order valence-corrected chi connectivity index (χ1v) is 9.30. The van der Waals surface area contributed by atoms with Crippen molar-refractivity contribution in [3.63, 3.8) is 0 Å². The molecule has 1 fully saturated rings. The van der Waals surface area contributed by atoms with Crippen molar-refractivity contribution in [3.05, 3.63) is 59.8 Å². The molecule has 0 spiro atoms. The SMILES string of the molecule is COc1ccc(C2=C(N3CCCC3)C(=O)N(c3ccc(OC)cc3)C2=O)cc1. The average molecular weight is 378 g/mol. The van der Waals surface area contributed by atoms with Gasteiger partial charge in [-0.05, 0) is 54.8 Å². The van der Waals surface area contributed by atoms with Crippen molar-refractivity contribution >= 4 is 23.1 Å². The Bertz CT molecular complexity index is 926. The van der Waals surface area contributed by atoms with Crippen LogP contribution < -0.4 is 14.4 Å². The fourth-order valence-corrected chi connectivity index (χ4v) is 3.74. The zero-order chi connectivity index (χ0) is 19.7. The minimum absolute atomic E-state index is 0.275. The standard InChI is InChI=1S/C22H22N2O4/c1-27-17-9-5-15(6-10-17)19-20(23-13-3-4-14-23)22(26)24(21(19)25)16-7-11-18(28-2)12-8-16/h5-12H,3-4,13-14H2,1-2H3. The van der Waals surface area contributed by atoms with Gasteiger partial charge >= 0.3 is 0 Å². The third-order valence-corrected chi connectivity index (χ3v) is 5.19. The Morgan fingerprint density at radius 2 is 1.29 bits per heavy atom. The van der Waals surface area contributed by atoms with Gasteiger partial charge in [0.15, 0.2) is 0 Å². The Balaban J connectivity index is 1.78. The van der Waals surface area contributed by atoms with Crippen molar-refractivity contribution in [2.24, 2.45) is 0 Å². The van der Waals surface area contributed by atoms with Gasteiger partial charge in [-0.15, -0.1) is 0 Å². The minimum atomic E-state index is -0.303. The Morgan fingerprint density at radius 1 is 0.750 bits per heavy atom. The first-order chi connectivity index (χ1) is 13.6. The molecule has 6 heteroatoms. The van der Waals surface area contributed by atoms with Crippen LogP contribution in [-0.4, -0.2) is 44.0 Å².